The largest absolute Gasteiger partial charge is 0.506 e. The minimum atomic E-state index is -1.48. The average molecular weight is 272 g/mol. The summed E-state index contributed by atoms with van der Waals surface area (Å²) in [6, 6.07) is 0. The molecule has 1 aromatic rings. The molecule has 0 saturated heterocycles. The molecule has 0 saturated carbocycles. The zero-order valence-electron chi connectivity index (χ0n) is 9.46. The highest BCUT2D eigenvalue weighted by atomic mass is 35.5. The third kappa shape index (κ3) is 2.21. The molecule has 0 bridgehead atoms. The summed E-state index contributed by atoms with van der Waals surface area (Å²) in [6.07, 6.45) is -1.25. The lowest BCUT2D eigenvalue weighted by Crippen LogP contribution is -2.45. The number of aromatic nitrogens is 2. The number of carboxylic acid groups (broad SMARTS) is 1. The Kier molecular flexibility index (Phi) is 3.33. The van der Waals surface area contributed by atoms with Crippen molar-refractivity contribution in [1.82, 2.24) is 9.97 Å². The normalized spacial score (nSPS) is 18.4. The van der Waals surface area contributed by atoms with Gasteiger partial charge in [0.2, 0.25) is 11.1 Å². The summed E-state index contributed by atoms with van der Waals surface area (Å²) < 4.78 is 4.56. The van der Waals surface area contributed by atoms with Gasteiger partial charge in [-0.2, -0.15) is 4.98 Å². The first-order valence-electron chi connectivity index (χ1n) is 5.24. The van der Waals surface area contributed by atoms with E-state index < -0.39 is 18.0 Å². The van der Waals surface area contributed by atoms with Gasteiger partial charge in [-0.05, 0) is 18.5 Å². The number of fused-ring (bicyclic) bond motifs is 1. The molecule has 1 aliphatic heterocycles. The first kappa shape index (κ1) is 12.6. The summed E-state index contributed by atoms with van der Waals surface area (Å²) in [5.41, 5.74) is 0.221. The Morgan fingerprint density at radius 3 is 3.06 bits per heavy atom. The van der Waals surface area contributed by atoms with Crippen molar-refractivity contribution in [3.8, 4) is 0 Å². The fourth-order valence-corrected chi connectivity index (χ4v) is 1.93. The number of hydrogen-bond acceptors (Lipinski definition) is 6. The van der Waals surface area contributed by atoms with Crippen molar-refractivity contribution in [3.05, 3.63) is 17.0 Å². The molecule has 1 unspecified atom stereocenters. The zero-order valence-corrected chi connectivity index (χ0v) is 10.2. The van der Waals surface area contributed by atoms with E-state index in [9.17, 15) is 9.59 Å². The van der Waals surface area contributed by atoms with Crippen LogP contribution in [0.5, 0.6) is 0 Å². The SMILES string of the molecule is CCN1CC(OC(=O)O)C(=O)c2cnc(Cl)nc21. The van der Waals surface area contributed by atoms with Gasteiger partial charge in [0.15, 0.2) is 6.10 Å². The molecule has 2 rings (SSSR count). The van der Waals surface area contributed by atoms with E-state index in [4.69, 9.17) is 16.7 Å². The Balaban J connectivity index is 2.40. The second-order valence-electron chi connectivity index (χ2n) is 3.65. The number of hydrogen-bond donors (Lipinski definition) is 1. The number of ether oxygens (including phenoxy) is 1. The molecule has 1 aromatic heterocycles. The molecule has 1 atom stereocenters. The number of carbonyl (C=O) groups is 2. The van der Waals surface area contributed by atoms with Gasteiger partial charge in [0.25, 0.3) is 0 Å². The van der Waals surface area contributed by atoms with E-state index in [2.05, 4.69) is 14.7 Å². The lowest BCUT2D eigenvalue weighted by Gasteiger charge is -2.31. The third-order valence-corrected chi connectivity index (χ3v) is 2.79. The van der Waals surface area contributed by atoms with Gasteiger partial charge in [-0.1, -0.05) is 0 Å². The molecule has 0 radical (unpaired) electrons. The predicted octanol–water partition coefficient (Wildman–Crippen LogP) is 1.22. The highest BCUT2D eigenvalue weighted by Crippen LogP contribution is 2.26. The van der Waals surface area contributed by atoms with Crippen LogP contribution in [-0.4, -0.2) is 46.2 Å². The van der Waals surface area contributed by atoms with Gasteiger partial charge >= 0.3 is 6.16 Å². The molecule has 0 aromatic carbocycles. The maximum Gasteiger partial charge on any atom is 0.506 e. The molecule has 2 heterocycles. The quantitative estimate of drug-likeness (QED) is 0.638. The summed E-state index contributed by atoms with van der Waals surface area (Å²) in [5, 5.41) is 8.63. The minimum Gasteiger partial charge on any atom is -0.450 e. The predicted molar refractivity (Wildman–Crippen MR) is 62.2 cm³/mol. The van der Waals surface area contributed by atoms with E-state index in [1.54, 1.807) is 4.90 Å². The van der Waals surface area contributed by atoms with Crippen molar-refractivity contribution in [2.75, 3.05) is 18.0 Å². The van der Waals surface area contributed by atoms with E-state index in [0.29, 0.717) is 12.4 Å². The average Bonchev–Trinajstić information content (AvgIpc) is 2.32. The van der Waals surface area contributed by atoms with Gasteiger partial charge in [0, 0.05) is 12.7 Å². The van der Waals surface area contributed by atoms with E-state index in [0.717, 1.165) is 0 Å². The molecule has 0 aliphatic carbocycles. The number of halogens is 1. The van der Waals surface area contributed by atoms with Crippen LogP contribution in [0.3, 0.4) is 0 Å². The van der Waals surface area contributed by atoms with Gasteiger partial charge in [-0.15, -0.1) is 0 Å². The van der Waals surface area contributed by atoms with Gasteiger partial charge in [0.1, 0.15) is 5.82 Å². The number of rotatable bonds is 2. The molecule has 8 heteroatoms. The topological polar surface area (TPSA) is 92.6 Å². The molecule has 1 aliphatic rings. The van der Waals surface area contributed by atoms with Crippen molar-refractivity contribution in [3.63, 3.8) is 0 Å². The number of likely N-dealkylation sites (N-methyl/N-ethyl adjacent to an activating group) is 1. The highest BCUT2D eigenvalue weighted by Gasteiger charge is 2.35. The highest BCUT2D eigenvalue weighted by molar-refractivity contribution is 6.28. The van der Waals surface area contributed by atoms with Crippen LogP contribution in [0, 0.1) is 0 Å². The Bertz CT molecular complexity index is 508. The monoisotopic (exact) mass is 271 g/mol. The van der Waals surface area contributed by atoms with Crippen molar-refractivity contribution in [2.24, 2.45) is 0 Å². The van der Waals surface area contributed by atoms with Crippen molar-refractivity contribution in [2.45, 2.75) is 13.0 Å². The van der Waals surface area contributed by atoms with Gasteiger partial charge in [-0.3, -0.25) is 4.79 Å². The molecular weight excluding hydrogens is 262 g/mol. The second kappa shape index (κ2) is 4.77. The van der Waals surface area contributed by atoms with Crippen molar-refractivity contribution >= 4 is 29.4 Å². The minimum absolute atomic E-state index is 0.0394. The van der Waals surface area contributed by atoms with Gasteiger partial charge in [0.05, 0.1) is 12.1 Å². The summed E-state index contributed by atoms with van der Waals surface area (Å²) in [6.45, 7) is 2.53. The van der Waals surface area contributed by atoms with Crippen LogP contribution in [0.25, 0.3) is 0 Å². The van der Waals surface area contributed by atoms with Crippen LogP contribution < -0.4 is 4.90 Å². The van der Waals surface area contributed by atoms with Crippen LogP contribution in [0.15, 0.2) is 6.20 Å². The molecule has 96 valence electrons. The number of Topliss-reactive ketones (excluding diaryl/α,β-unsaturated/α-hetero) is 1. The summed E-state index contributed by atoms with van der Waals surface area (Å²) in [5.74, 6) is -0.0403. The summed E-state index contributed by atoms with van der Waals surface area (Å²) in [4.78, 5) is 32.0. The Morgan fingerprint density at radius 2 is 2.44 bits per heavy atom. The fraction of sp³-hybridized carbons (Fsp3) is 0.400. The standard InChI is InChI=1S/C10H10ClN3O4/c1-2-14-4-6(18-10(16)17)7(15)5-3-12-9(11)13-8(5)14/h3,6H,2,4H2,1H3,(H,16,17). The molecule has 1 N–H and O–H groups in total. The van der Waals surface area contributed by atoms with Crippen molar-refractivity contribution in [1.29, 1.82) is 0 Å². The van der Waals surface area contributed by atoms with E-state index in [1.165, 1.54) is 6.20 Å². The number of nitrogens with zero attached hydrogens (tertiary/aromatic N) is 3. The van der Waals surface area contributed by atoms with Crippen LogP contribution in [-0.2, 0) is 4.74 Å². The lowest BCUT2D eigenvalue weighted by atomic mass is 10.0. The molecule has 0 spiro atoms. The molecule has 7 nitrogen and oxygen atoms in total. The lowest BCUT2D eigenvalue weighted by molar-refractivity contribution is 0.0428. The first-order valence-corrected chi connectivity index (χ1v) is 5.62. The number of ketones is 1. The molecule has 0 fully saturated rings. The van der Waals surface area contributed by atoms with E-state index in [-0.39, 0.29) is 17.4 Å². The van der Waals surface area contributed by atoms with E-state index >= 15 is 0 Å². The van der Waals surface area contributed by atoms with Gasteiger partial charge < -0.3 is 14.7 Å². The number of carbonyl (C=O) groups excluding carboxylic acids is 1. The zero-order chi connectivity index (χ0) is 13.3. The maximum absolute atomic E-state index is 12.0. The third-order valence-electron chi connectivity index (χ3n) is 2.61. The summed E-state index contributed by atoms with van der Waals surface area (Å²) in [7, 11) is 0. The Morgan fingerprint density at radius 1 is 1.72 bits per heavy atom. The Labute approximate surface area is 107 Å². The van der Waals surface area contributed by atoms with Crippen LogP contribution in [0.2, 0.25) is 5.28 Å². The van der Waals surface area contributed by atoms with Crippen LogP contribution in [0.1, 0.15) is 17.3 Å². The smallest absolute Gasteiger partial charge is 0.450 e. The number of anilines is 1. The fourth-order valence-electron chi connectivity index (χ4n) is 1.80. The molecular formula is C10H10ClN3O4. The molecule has 0 amide bonds. The summed E-state index contributed by atoms with van der Waals surface area (Å²) >= 11 is 5.68. The second-order valence-corrected chi connectivity index (χ2v) is 3.99. The van der Waals surface area contributed by atoms with Gasteiger partial charge in [-0.25, -0.2) is 9.78 Å². The van der Waals surface area contributed by atoms with Crippen LogP contribution in [0.4, 0.5) is 10.6 Å². The maximum atomic E-state index is 12.0. The van der Waals surface area contributed by atoms with Crippen molar-refractivity contribution < 1.29 is 19.4 Å². The first-order chi connectivity index (χ1) is 8.52. The van der Waals surface area contributed by atoms with E-state index in [1.807, 2.05) is 6.92 Å². The van der Waals surface area contributed by atoms with Crippen LogP contribution >= 0.6 is 11.6 Å². The molecule has 18 heavy (non-hydrogen) atoms. The Hall–Kier alpha value is -1.89.